The minimum absolute atomic E-state index is 0.0160. The first-order valence-electron chi connectivity index (χ1n) is 7.53. The molecule has 21 heavy (non-hydrogen) atoms. The van der Waals surface area contributed by atoms with Crippen LogP contribution in [0.25, 0.3) is 0 Å². The van der Waals surface area contributed by atoms with E-state index in [4.69, 9.17) is 9.47 Å². The molecular formula is C15H24N2O3S. The summed E-state index contributed by atoms with van der Waals surface area (Å²) >= 11 is 1.96. The van der Waals surface area contributed by atoms with Gasteiger partial charge in [-0.1, -0.05) is 0 Å². The van der Waals surface area contributed by atoms with Crippen LogP contribution in [-0.4, -0.2) is 45.7 Å². The van der Waals surface area contributed by atoms with Crippen LogP contribution in [0.15, 0.2) is 0 Å². The van der Waals surface area contributed by atoms with Gasteiger partial charge in [-0.3, -0.25) is 0 Å². The monoisotopic (exact) mass is 312 g/mol. The summed E-state index contributed by atoms with van der Waals surface area (Å²) in [5.41, 5.74) is 1.67. The summed E-state index contributed by atoms with van der Waals surface area (Å²) in [5.74, 6) is 3.10. The molecule has 6 heteroatoms. The lowest BCUT2D eigenvalue weighted by molar-refractivity contribution is -0.102. The molecule has 1 spiro atoms. The topological polar surface area (TPSA) is 56.5 Å². The van der Waals surface area contributed by atoms with Crippen molar-refractivity contribution in [3.05, 3.63) is 11.3 Å². The Balaban J connectivity index is 1.83. The van der Waals surface area contributed by atoms with Crippen LogP contribution in [0, 0.1) is 12.8 Å². The molecule has 1 aromatic rings. The SMILES string of the molecule is COc1c(C(O)C2CCOC3(CCSC3)C2)c(C)nn1C. The molecule has 0 saturated carbocycles. The third kappa shape index (κ3) is 2.69. The van der Waals surface area contributed by atoms with Gasteiger partial charge in [0.1, 0.15) is 0 Å². The van der Waals surface area contributed by atoms with Crippen LogP contribution in [-0.2, 0) is 11.8 Å². The summed E-state index contributed by atoms with van der Waals surface area (Å²) in [4.78, 5) is 0. The second kappa shape index (κ2) is 5.82. The molecule has 0 aliphatic carbocycles. The van der Waals surface area contributed by atoms with E-state index in [1.54, 1.807) is 11.8 Å². The average Bonchev–Trinajstić information content (AvgIpc) is 3.02. The van der Waals surface area contributed by atoms with Crippen molar-refractivity contribution in [2.45, 2.75) is 37.9 Å². The maximum atomic E-state index is 10.9. The van der Waals surface area contributed by atoms with Gasteiger partial charge in [0.05, 0.1) is 30.1 Å². The van der Waals surface area contributed by atoms with Gasteiger partial charge >= 0.3 is 0 Å². The Morgan fingerprint density at radius 2 is 2.38 bits per heavy atom. The number of aliphatic hydroxyl groups excluding tert-OH is 1. The highest BCUT2D eigenvalue weighted by Gasteiger charge is 2.43. The number of nitrogens with zero attached hydrogens (tertiary/aromatic N) is 2. The number of thioether (sulfide) groups is 1. The van der Waals surface area contributed by atoms with Crippen molar-refractivity contribution in [3.63, 3.8) is 0 Å². The molecule has 3 heterocycles. The van der Waals surface area contributed by atoms with Gasteiger partial charge in [0, 0.05) is 19.4 Å². The third-order valence-corrected chi connectivity index (χ3v) is 5.97. The zero-order chi connectivity index (χ0) is 15.0. The molecule has 3 unspecified atom stereocenters. The summed E-state index contributed by atoms with van der Waals surface area (Å²) < 4.78 is 13.2. The van der Waals surface area contributed by atoms with Gasteiger partial charge in [-0.2, -0.15) is 16.9 Å². The maximum absolute atomic E-state index is 10.9. The zero-order valence-corrected chi connectivity index (χ0v) is 13.8. The van der Waals surface area contributed by atoms with E-state index in [1.807, 2.05) is 25.7 Å². The first kappa shape index (κ1) is 15.2. The van der Waals surface area contributed by atoms with E-state index in [2.05, 4.69) is 5.10 Å². The largest absolute Gasteiger partial charge is 0.481 e. The van der Waals surface area contributed by atoms with Crippen molar-refractivity contribution in [2.75, 3.05) is 25.2 Å². The van der Waals surface area contributed by atoms with Gasteiger partial charge in [0.2, 0.25) is 5.88 Å². The quantitative estimate of drug-likeness (QED) is 0.926. The lowest BCUT2D eigenvalue weighted by Gasteiger charge is -2.39. The molecule has 0 amide bonds. The highest BCUT2D eigenvalue weighted by molar-refractivity contribution is 7.99. The van der Waals surface area contributed by atoms with Gasteiger partial charge < -0.3 is 14.6 Å². The van der Waals surface area contributed by atoms with Crippen molar-refractivity contribution >= 4 is 11.8 Å². The number of hydrogen-bond acceptors (Lipinski definition) is 5. The first-order chi connectivity index (χ1) is 10.1. The number of aromatic nitrogens is 2. The predicted octanol–water partition coefficient (Wildman–Crippen LogP) is 2.07. The molecule has 0 aromatic carbocycles. The van der Waals surface area contributed by atoms with E-state index in [9.17, 15) is 5.11 Å². The maximum Gasteiger partial charge on any atom is 0.217 e. The first-order valence-corrected chi connectivity index (χ1v) is 8.69. The standard InChI is InChI=1S/C15H24N2O3S/c1-10-12(14(19-3)17(2)16-10)13(18)11-4-6-20-15(8-11)5-7-21-9-15/h11,13,18H,4-9H2,1-3H3. The summed E-state index contributed by atoms with van der Waals surface area (Å²) in [7, 11) is 3.48. The molecule has 2 saturated heterocycles. The van der Waals surface area contributed by atoms with Crippen LogP contribution in [0.2, 0.25) is 0 Å². The van der Waals surface area contributed by atoms with Crippen LogP contribution >= 0.6 is 11.8 Å². The minimum Gasteiger partial charge on any atom is -0.481 e. The molecule has 118 valence electrons. The molecular weight excluding hydrogens is 288 g/mol. The van der Waals surface area contributed by atoms with Crippen molar-refractivity contribution in [2.24, 2.45) is 13.0 Å². The average molecular weight is 312 g/mol. The van der Waals surface area contributed by atoms with Gasteiger partial charge in [-0.25, -0.2) is 4.68 Å². The summed E-state index contributed by atoms with van der Waals surface area (Å²) in [5, 5.41) is 15.3. The minimum atomic E-state index is -0.528. The fourth-order valence-corrected chi connectivity index (χ4v) is 5.05. The molecule has 2 fully saturated rings. The van der Waals surface area contributed by atoms with E-state index in [-0.39, 0.29) is 11.5 Å². The number of rotatable bonds is 3. The molecule has 3 rings (SSSR count). The predicted molar refractivity (Wildman–Crippen MR) is 82.8 cm³/mol. The van der Waals surface area contributed by atoms with Crippen molar-refractivity contribution in [3.8, 4) is 5.88 Å². The van der Waals surface area contributed by atoms with E-state index >= 15 is 0 Å². The zero-order valence-electron chi connectivity index (χ0n) is 13.0. The Labute approximate surface area is 130 Å². The molecule has 1 aromatic heterocycles. The normalized spacial score (nSPS) is 30.8. The van der Waals surface area contributed by atoms with Gasteiger partial charge in [0.25, 0.3) is 0 Å². The summed E-state index contributed by atoms with van der Waals surface area (Å²) in [6, 6.07) is 0. The van der Waals surface area contributed by atoms with E-state index in [0.717, 1.165) is 48.6 Å². The van der Waals surface area contributed by atoms with Crippen LogP contribution in [0.3, 0.4) is 0 Å². The Morgan fingerprint density at radius 3 is 3.05 bits per heavy atom. The van der Waals surface area contributed by atoms with E-state index in [0.29, 0.717) is 5.88 Å². The lowest BCUT2D eigenvalue weighted by atomic mass is 9.80. The van der Waals surface area contributed by atoms with Crippen molar-refractivity contribution in [1.82, 2.24) is 9.78 Å². The van der Waals surface area contributed by atoms with Crippen LogP contribution < -0.4 is 4.74 Å². The molecule has 3 atom stereocenters. The van der Waals surface area contributed by atoms with E-state index in [1.165, 1.54) is 0 Å². The highest BCUT2D eigenvalue weighted by Crippen LogP contribution is 2.45. The van der Waals surface area contributed by atoms with Crippen LogP contribution in [0.5, 0.6) is 5.88 Å². The van der Waals surface area contributed by atoms with Crippen LogP contribution in [0.1, 0.15) is 36.6 Å². The molecule has 2 aliphatic rings. The Bertz CT molecular complexity index is 511. The van der Waals surface area contributed by atoms with Gasteiger partial charge in [-0.05, 0) is 37.9 Å². The Kier molecular flexibility index (Phi) is 4.21. The van der Waals surface area contributed by atoms with E-state index < -0.39 is 6.10 Å². The molecule has 5 nitrogen and oxygen atoms in total. The van der Waals surface area contributed by atoms with Crippen LogP contribution in [0.4, 0.5) is 0 Å². The molecule has 1 N–H and O–H groups in total. The second-order valence-corrected chi connectivity index (χ2v) is 7.27. The number of aryl methyl sites for hydroxylation is 2. The van der Waals surface area contributed by atoms with Gasteiger partial charge in [0.15, 0.2) is 0 Å². The van der Waals surface area contributed by atoms with Crippen molar-refractivity contribution < 1.29 is 14.6 Å². The molecule has 0 bridgehead atoms. The third-order valence-electron chi connectivity index (χ3n) is 4.75. The van der Waals surface area contributed by atoms with Gasteiger partial charge in [-0.15, -0.1) is 0 Å². The number of hydrogen-bond donors (Lipinski definition) is 1. The molecule has 0 radical (unpaired) electrons. The van der Waals surface area contributed by atoms with Crippen molar-refractivity contribution in [1.29, 1.82) is 0 Å². The number of ether oxygens (including phenoxy) is 2. The summed E-state index contributed by atoms with van der Waals surface area (Å²) in [6.45, 7) is 2.67. The lowest BCUT2D eigenvalue weighted by Crippen LogP contribution is -2.41. The fourth-order valence-electron chi connectivity index (χ4n) is 3.67. The number of methoxy groups -OCH3 is 1. The highest BCUT2D eigenvalue weighted by atomic mass is 32.2. The number of aliphatic hydroxyl groups is 1. The fraction of sp³-hybridized carbons (Fsp3) is 0.800. The Morgan fingerprint density at radius 1 is 1.57 bits per heavy atom. The molecule has 2 aliphatic heterocycles. The second-order valence-electron chi connectivity index (χ2n) is 6.16. The summed E-state index contributed by atoms with van der Waals surface area (Å²) in [6.07, 6.45) is 2.40. The Hall–Kier alpha value is -0.720. The smallest absolute Gasteiger partial charge is 0.217 e.